The zero-order chi connectivity index (χ0) is 21.0. The molecule has 2 aliphatic rings. The number of nitrogens with zero attached hydrogens (tertiary/aromatic N) is 2. The Kier molecular flexibility index (Phi) is 8.50. The highest BCUT2D eigenvalue weighted by Gasteiger charge is 2.29. The van der Waals surface area contributed by atoms with Crippen molar-refractivity contribution in [3.8, 4) is 0 Å². The van der Waals surface area contributed by atoms with Crippen LogP contribution >= 0.6 is 24.8 Å². The smallest absolute Gasteiger partial charge is 0.249 e. The van der Waals surface area contributed by atoms with Crippen LogP contribution in [0, 0.1) is 0 Å². The molecule has 3 aromatic carbocycles. The van der Waals surface area contributed by atoms with E-state index < -0.39 is 6.04 Å². The van der Waals surface area contributed by atoms with Crippen LogP contribution in [-0.2, 0) is 11.2 Å². The van der Waals surface area contributed by atoms with Gasteiger partial charge >= 0.3 is 0 Å². The van der Waals surface area contributed by atoms with E-state index in [0.717, 1.165) is 60.0 Å². The standard InChI is InChI=1S/C26H26N4O.2ClH/c31-26-22(18-19-8-3-1-4-9-19)28-24(20-10-5-2-6-11-20)21-12-7-13-23(25(21)29-26)30-16-14-27-15-17-30;;/h1-13,22,27H,14-18H2,(H,29,31);2*1H/t22-;;/m1../s1. The monoisotopic (exact) mass is 482 g/mol. The van der Waals surface area contributed by atoms with Gasteiger partial charge in [0.05, 0.1) is 17.1 Å². The predicted molar refractivity (Wildman–Crippen MR) is 141 cm³/mol. The first-order chi connectivity index (χ1) is 15.3. The topological polar surface area (TPSA) is 56.7 Å². The quantitative estimate of drug-likeness (QED) is 0.581. The van der Waals surface area contributed by atoms with Gasteiger partial charge in [-0.3, -0.25) is 9.79 Å². The number of hydrogen-bond donors (Lipinski definition) is 2. The Morgan fingerprint density at radius 1 is 0.848 bits per heavy atom. The molecule has 0 unspecified atom stereocenters. The third kappa shape index (κ3) is 5.38. The Balaban J connectivity index is 0.00000153. The minimum Gasteiger partial charge on any atom is -0.367 e. The van der Waals surface area contributed by atoms with Crippen LogP contribution in [0.5, 0.6) is 0 Å². The maximum Gasteiger partial charge on any atom is 0.249 e. The van der Waals surface area contributed by atoms with Crippen LogP contribution in [0.4, 0.5) is 11.4 Å². The minimum atomic E-state index is -0.485. The molecule has 33 heavy (non-hydrogen) atoms. The Morgan fingerprint density at radius 3 is 2.21 bits per heavy atom. The Morgan fingerprint density at radius 2 is 1.52 bits per heavy atom. The molecule has 0 bridgehead atoms. The zero-order valence-corrected chi connectivity index (χ0v) is 19.9. The number of hydrogen-bond acceptors (Lipinski definition) is 4. The number of benzene rings is 3. The highest BCUT2D eigenvalue weighted by molar-refractivity contribution is 6.21. The summed E-state index contributed by atoms with van der Waals surface area (Å²) < 4.78 is 0. The number of halogens is 2. The van der Waals surface area contributed by atoms with Gasteiger partial charge in [-0.1, -0.05) is 72.8 Å². The van der Waals surface area contributed by atoms with E-state index >= 15 is 0 Å². The van der Waals surface area contributed by atoms with Crippen LogP contribution in [0.2, 0.25) is 0 Å². The molecule has 0 spiro atoms. The average Bonchev–Trinajstić information content (AvgIpc) is 2.97. The molecular formula is C26H28Cl2N4O. The van der Waals surface area contributed by atoms with Gasteiger partial charge in [-0.25, -0.2) is 0 Å². The van der Waals surface area contributed by atoms with Gasteiger partial charge in [0.15, 0.2) is 0 Å². The normalized spacial score (nSPS) is 17.5. The number of fused-ring (bicyclic) bond motifs is 1. The molecule has 7 heteroatoms. The molecule has 2 heterocycles. The second-order valence-corrected chi connectivity index (χ2v) is 7.98. The molecule has 0 radical (unpaired) electrons. The van der Waals surface area contributed by atoms with Gasteiger partial charge in [0.1, 0.15) is 6.04 Å². The van der Waals surface area contributed by atoms with E-state index in [1.165, 1.54) is 0 Å². The van der Waals surface area contributed by atoms with E-state index in [0.29, 0.717) is 6.42 Å². The van der Waals surface area contributed by atoms with E-state index in [1.54, 1.807) is 0 Å². The van der Waals surface area contributed by atoms with Crippen LogP contribution in [-0.4, -0.2) is 43.8 Å². The molecule has 1 fully saturated rings. The molecule has 2 N–H and O–H groups in total. The summed E-state index contributed by atoms with van der Waals surface area (Å²) in [5.74, 6) is -0.0568. The molecular weight excluding hydrogens is 455 g/mol. The highest BCUT2D eigenvalue weighted by Crippen LogP contribution is 2.34. The van der Waals surface area contributed by atoms with Gasteiger partial charge in [0.25, 0.3) is 0 Å². The number of anilines is 2. The SMILES string of the molecule is Cl.Cl.O=C1Nc2c(cccc2N2CCNCC2)C(c2ccccc2)=N[C@@H]1Cc1ccccc1. The number of para-hydroxylation sites is 1. The summed E-state index contributed by atoms with van der Waals surface area (Å²) in [6, 6.07) is 26.0. The van der Waals surface area contributed by atoms with E-state index in [-0.39, 0.29) is 30.7 Å². The van der Waals surface area contributed by atoms with Gasteiger partial charge in [-0.15, -0.1) is 24.8 Å². The molecule has 0 saturated carbocycles. The maximum absolute atomic E-state index is 13.3. The lowest BCUT2D eigenvalue weighted by atomic mass is 9.99. The molecule has 1 saturated heterocycles. The van der Waals surface area contributed by atoms with Crippen molar-refractivity contribution in [2.75, 3.05) is 36.4 Å². The lowest BCUT2D eigenvalue weighted by molar-refractivity contribution is -0.117. The number of benzodiazepines with no additional fused rings is 1. The first-order valence-electron chi connectivity index (χ1n) is 10.9. The van der Waals surface area contributed by atoms with Crippen molar-refractivity contribution in [1.82, 2.24) is 5.32 Å². The number of carbonyl (C=O) groups is 1. The minimum absolute atomic E-state index is 0. The van der Waals surface area contributed by atoms with Crippen molar-refractivity contribution in [1.29, 1.82) is 0 Å². The van der Waals surface area contributed by atoms with Crippen LogP contribution < -0.4 is 15.5 Å². The van der Waals surface area contributed by atoms with Crippen molar-refractivity contribution < 1.29 is 4.79 Å². The first kappa shape index (κ1) is 24.8. The number of nitrogens with one attached hydrogen (secondary N) is 2. The van der Waals surface area contributed by atoms with Crippen LogP contribution in [0.1, 0.15) is 16.7 Å². The van der Waals surface area contributed by atoms with Crippen molar-refractivity contribution in [2.24, 2.45) is 4.99 Å². The first-order valence-corrected chi connectivity index (χ1v) is 10.9. The molecule has 1 atom stereocenters. The van der Waals surface area contributed by atoms with Gasteiger partial charge in [0.2, 0.25) is 5.91 Å². The predicted octanol–water partition coefficient (Wildman–Crippen LogP) is 4.34. The highest BCUT2D eigenvalue weighted by atomic mass is 35.5. The fraction of sp³-hybridized carbons (Fsp3) is 0.231. The second-order valence-electron chi connectivity index (χ2n) is 7.98. The number of amides is 1. The largest absolute Gasteiger partial charge is 0.367 e. The molecule has 5 nitrogen and oxygen atoms in total. The molecule has 2 aliphatic heterocycles. The molecule has 5 rings (SSSR count). The molecule has 172 valence electrons. The lowest BCUT2D eigenvalue weighted by Gasteiger charge is -2.31. The summed E-state index contributed by atoms with van der Waals surface area (Å²) in [7, 11) is 0. The number of carbonyl (C=O) groups excluding carboxylic acids is 1. The van der Waals surface area contributed by atoms with Gasteiger partial charge in [0, 0.05) is 43.7 Å². The fourth-order valence-electron chi connectivity index (χ4n) is 4.33. The third-order valence-corrected chi connectivity index (χ3v) is 5.91. The molecule has 3 aromatic rings. The van der Waals surface area contributed by atoms with E-state index in [1.807, 2.05) is 36.4 Å². The van der Waals surface area contributed by atoms with Crippen molar-refractivity contribution >= 4 is 47.8 Å². The number of rotatable bonds is 4. The summed E-state index contributed by atoms with van der Waals surface area (Å²) in [5, 5.41) is 6.64. The van der Waals surface area contributed by atoms with Gasteiger partial charge in [-0.05, 0) is 11.6 Å². The Bertz CT molecular complexity index is 1100. The van der Waals surface area contributed by atoms with Crippen molar-refractivity contribution in [3.05, 3.63) is 95.6 Å². The zero-order valence-electron chi connectivity index (χ0n) is 18.2. The summed E-state index contributed by atoms with van der Waals surface area (Å²) in [5.41, 5.74) is 5.91. The lowest BCUT2D eigenvalue weighted by Crippen LogP contribution is -2.44. The second kappa shape index (κ2) is 11.3. The molecule has 0 aromatic heterocycles. The van der Waals surface area contributed by atoms with E-state index in [4.69, 9.17) is 4.99 Å². The van der Waals surface area contributed by atoms with Crippen molar-refractivity contribution in [2.45, 2.75) is 12.5 Å². The van der Waals surface area contributed by atoms with Gasteiger partial charge < -0.3 is 15.5 Å². The van der Waals surface area contributed by atoms with Crippen LogP contribution in [0.25, 0.3) is 0 Å². The fourth-order valence-corrected chi connectivity index (χ4v) is 4.33. The average molecular weight is 483 g/mol. The van der Waals surface area contributed by atoms with E-state index in [9.17, 15) is 4.79 Å². The summed E-state index contributed by atoms with van der Waals surface area (Å²) in [6.45, 7) is 3.71. The Hall–Kier alpha value is -2.86. The molecule has 0 aliphatic carbocycles. The van der Waals surface area contributed by atoms with Crippen LogP contribution in [0.3, 0.4) is 0 Å². The number of piperazine rings is 1. The number of aliphatic imine (C=N–C) groups is 1. The summed E-state index contributed by atoms with van der Waals surface area (Å²) in [6.07, 6.45) is 0.569. The Labute approximate surface area is 207 Å². The third-order valence-electron chi connectivity index (χ3n) is 5.91. The molecule has 1 amide bonds. The maximum atomic E-state index is 13.3. The summed E-state index contributed by atoms with van der Waals surface area (Å²) >= 11 is 0. The van der Waals surface area contributed by atoms with Crippen LogP contribution in [0.15, 0.2) is 83.9 Å². The summed E-state index contributed by atoms with van der Waals surface area (Å²) in [4.78, 5) is 20.7. The van der Waals surface area contributed by atoms with Crippen molar-refractivity contribution in [3.63, 3.8) is 0 Å². The van der Waals surface area contributed by atoms with Gasteiger partial charge in [-0.2, -0.15) is 0 Å². The van der Waals surface area contributed by atoms with E-state index in [2.05, 4.69) is 58.0 Å².